The molecule has 0 saturated heterocycles. The molecule has 0 aromatic heterocycles. The van der Waals surface area contributed by atoms with Crippen molar-refractivity contribution in [3.05, 3.63) is 47.7 Å². The summed E-state index contributed by atoms with van der Waals surface area (Å²) < 4.78 is 0. The number of allylic oxidation sites excluding steroid dienone is 2. The standard InChI is InChI=1S/C14H16O2/c15-13-8-4-7-12(13)14(16)10-9-11-5-2-1-3-6-11/h1-3,5-6,10,12,16H,4,7-9H2. The number of aliphatic hydroxyl groups is 1. The summed E-state index contributed by atoms with van der Waals surface area (Å²) in [4.78, 5) is 11.4. The molecule has 1 aliphatic rings. The van der Waals surface area contributed by atoms with Gasteiger partial charge in [-0.15, -0.1) is 0 Å². The van der Waals surface area contributed by atoms with Gasteiger partial charge in [0.2, 0.25) is 0 Å². The van der Waals surface area contributed by atoms with E-state index < -0.39 is 0 Å². The average molecular weight is 216 g/mol. The maximum atomic E-state index is 11.4. The maximum absolute atomic E-state index is 11.4. The Morgan fingerprint density at radius 1 is 1.38 bits per heavy atom. The molecular formula is C14H16O2. The zero-order valence-corrected chi connectivity index (χ0v) is 9.23. The van der Waals surface area contributed by atoms with Crippen molar-refractivity contribution in [2.45, 2.75) is 25.7 Å². The number of hydrogen-bond acceptors (Lipinski definition) is 2. The van der Waals surface area contributed by atoms with Gasteiger partial charge in [0.05, 0.1) is 11.7 Å². The fourth-order valence-electron chi connectivity index (χ4n) is 2.11. The van der Waals surface area contributed by atoms with Crippen LogP contribution in [0.15, 0.2) is 42.2 Å². The second-order valence-corrected chi connectivity index (χ2v) is 4.23. The molecule has 1 aromatic rings. The minimum Gasteiger partial charge on any atom is -0.512 e. The Morgan fingerprint density at radius 3 is 2.75 bits per heavy atom. The van der Waals surface area contributed by atoms with Gasteiger partial charge in [-0.05, 0) is 30.9 Å². The Kier molecular flexibility index (Phi) is 3.40. The Morgan fingerprint density at radius 2 is 2.12 bits per heavy atom. The van der Waals surface area contributed by atoms with Gasteiger partial charge in [0.1, 0.15) is 5.78 Å². The van der Waals surface area contributed by atoms with E-state index in [9.17, 15) is 9.90 Å². The summed E-state index contributed by atoms with van der Waals surface area (Å²) in [6.07, 6.45) is 4.79. The summed E-state index contributed by atoms with van der Waals surface area (Å²) in [5.41, 5.74) is 1.15. The van der Waals surface area contributed by atoms with Gasteiger partial charge in [0, 0.05) is 6.42 Å². The lowest BCUT2D eigenvalue weighted by Crippen LogP contribution is -2.09. The summed E-state index contributed by atoms with van der Waals surface area (Å²) in [5.74, 6) is 0.205. The first-order valence-electron chi connectivity index (χ1n) is 5.73. The highest BCUT2D eigenvalue weighted by Gasteiger charge is 2.27. The lowest BCUT2D eigenvalue weighted by molar-refractivity contribution is -0.120. The highest BCUT2D eigenvalue weighted by Crippen LogP contribution is 2.26. The van der Waals surface area contributed by atoms with Crippen molar-refractivity contribution in [1.82, 2.24) is 0 Å². The second-order valence-electron chi connectivity index (χ2n) is 4.23. The van der Waals surface area contributed by atoms with Crippen LogP contribution < -0.4 is 0 Å². The van der Waals surface area contributed by atoms with E-state index in [-0.39, 0.29) is 17.5 Å². The maximum Gasteiger partial charge on any atom is 0.143 e. The molecule has 1 fully saturated rings. The van der Waals surface area contributed by atoms with Crippen molar-refractivity contribution in [2.24, 2.45) is 5.92 Å². The molecular weight excluding hydrogens is 200 g/mol. The second kappa shape index (κ2) is 4.97. The van der Waals surface area contributed by atoms with Crippen LogP contribution in [0.3, 0.4) is 0 Å². The van der Waals surface area contributed by atoms with Crippen molar-refractivity contribution < 1.29 is 9.90 Å². The van der Waals surface area contributed by atoms with Crippen LogP contribution in [0.4, 0.5) is 0 Å². The van der Waals surface area contributed by atoms with E-state index in [0.717, 1.165) is 18.4 Å². The van der Waals surface area contributed by atoms with Crippen LogP contribution in [0.25, 0.3) is 0 Å². The number of Topliss-reactive ketones (excluding diaryl/α,β-unsaturated/α-hetero) is 1. The van der Waals surface area contributed by atoms with E-state index in [1.54, 1.807) is 6.08 Å². The Labute approximate surface area is 95.6 Å². The number of carbonyl (C=O) groups excluding carboxylic acids is 1. The first kappa shape index (κ1) is 10.9. The topological polar surface area (TPSA) is 37.3 Å². The van der Waals surface area contributed by atoms with Crippen molar-refractivity contribution in [3.63, 3.8) is 0 Å². The molecule has 0 amide bonds. The monoisotopic (exact) mass is 216 g/mol. The third-order valence-corrected chi connectivity index (χ3v) is 3.05. The average Bonchev–Trinajstić information content (AvgIpc) is 2.74. The van der Waals surface area contributed by atoms with Crippen molar-refractivity contribution in [2.75, 3.05) is 0 Å². The molecule has 1 N–H and O–H groups in total. The molecule has 2 heteroatoms. The Bertz CT molecular complexity index is 392. The van der Waals surface area contributed by atoms with Crippen LogP contribution >= 0.6 is 0 Å². The van der Waals surface area contributed by atoms with Gasteiger partial charge >= 0.3 is 0 Å². The molecule has 1 unspecified atom stereocenters. The smallest absolute Gasteiger partial charge is 0.143 e. The number of ketones is 1. The van der Waals surface area contributed by atoms with E-state index in [2.05, 4.69) is 0 Å². The van der Waals surface area contributed by atoms with Gasteiger partial charge in [0.25, 0.3) is 0 Å². The molecule has 1 saturated carbocycles. The molecule has 1 aromatic carbocycles. The highest BCUT2D eigenvalue weighted by atomic mass is 16.3. The number of hydrogen-bond donors (Lipinski definition) is 1. The van der Waals surface area contributed by atoms with Gasteiger partial charge in [-0.25, -0.2) is 0 Å². The van der Waals surface area contributed by atoms with Crippen LogP contribution in [-0.4, -0.2) is 10.9 Å². The molecule has 0 spiro atoms. The first-order valence-corrected chi connectivity index (χ1v) is 5.73. The Balaban J connectivity index is 1.99. The predicted molar refractivity (Wildman–Crippen MR) is 63.2 cm³/mol. The minimum atomic E-state index is -0.233. The van der Waals surface area contributed by atoms with E-state index >= 15 is 0 Å². The van der Waals surface area contributed by atoms with Crippen molar-refractivity contribution >= 4 is 5.78 Å². The number of aliphatic hydroxyl groups excluding tert-OH is 1. The van der Waals surface area contributed by atoms with Gasteiger partial charge in [0.15, 0.2) is 0 Å². The molecule has 0 aliphatic heterocycles. The summed E-state index contributed by atoms with van der Waals surface area (Å²) >= 11 is 0. The molecule has 1 atom stereocenters. The van der Waals surface area contributed by atoms with Gasteiger partial charge < -0.3 is 5.11 Å². The summed E-state index contributed by atoms with van der Waals surface area (Å²) in [7, 11) is 0. The number of carbonyl (C=O) groups is 1. The van der Waals surface area contributed by atoms with E-state index in [1.165, 1.54) is 0 Å². The normalized spacial score (nSPS) is 21.4. The number of benzene rings is 1. The van der Waals surface area contributed by atoms with Crippen LogP contribution in [0.2, 0.25) is 0 Å². The SMILES string of the molecule is O=C1CCCC1C(O)=CCc1ccccc1. The van der Waals surface area contributed by atoms with Gasteiger partial charge in [-0.3, -0.25) is 4.79 Å². The predicted octanol–water partition coefficient (Wildman–Crippen LogP) is 3.04. The molecule has 2 nitrogen and oxygen atoms in total. The summed E-state index contributed by atoms with van der Waals surface area (Å²) in [6.45, 7) is 0. The van der Waals surface area contributed by atoms with E-state index in [1.807, 2.05) is 30.3 Å². The zero-order chi connectivity index (χ0) is 11.4. The van der Waals surface area contributed by atoms with Crippen LogP contribution in [0.1, 0.15) is 24.8 Å². The lowest BCUT2D eigenvalue weighted by Gasteiger charge is -2.06. The van der Waals surface area contributed by atoms with E-state index in [4.69, 9.17) is 0 Å². The van der Waals surface area contributed by atoms with Gasteiger partial charge in [-0.1, -0.05) is 30.3 Å². The van der Waals surface area contributed by atoms with Crippen molar-refractivity contribution in [1.29, 1.82) is 0 Å². The molecule has 0 radical (unpaired) electrons. The molecule has 84 valence electrons. The quantitative estimate of drug-likeness (QED) is 0.788. The fourth-order valence-corrected chi connectivity index (χ4v) is 2.11. The van der Waals surface area contributed by atoms with Crippen molar-refractivity contribution in [3.8, 4) is 0 Å². The van der Waals surface area contributed by atoms with Crippen LogP contribution in [0.5, 0.6) is 0 Å². The first-order chi connectivity index (χ1) is 7.77. The molecule has 2 rings (SSSR count). The molecule has 0 bridgehead atoms. The third kappa shape index (κ3) is 2.51. The largest absolute Gasteiger partial charge is 0.512 e. The third-order valence-electron chi connectivity index (χ3n) is 3.05. The zero-order valence-electron chi connectivity index (χ0n) is 9.23. The molecule has 16 heavy (non-hydrogen) atoms. The fraction of sp³-hybridized carbons (Fsp3) is 0.357. The lowest BCUT2D eigenvalue weighted by atomic mass is 10.0. The minimum absolute atomic E-state index is 0.182. The Hall–Kier alpha value is -1.57. The highest BCUT2D eigenvalue weighted by molar-refractivity contribution is 5.85. The van der Waals surface area contributed by atoms with Crippen LogP contribution in [-0.2, 0) is 11.2 Å². The van der Waals surface area contributed by atoms with E-state index in [0.29, 0.717) is 12.8 Å². The summed E-state index contributed by atoms with van der Waals surface area (Å²) in [5, 5.41) is 9.82. The summed E-state index contributed by atoms with van der Waals surface area (Å²) in [6, 6.07) is 9.94. The molecule has 1 aliphatic carbocycles. The van der Waals surface area contributed by atoms with Crippen LogP contribution in [0, 0.1) is 5.92 Å². The molecule has 0 heterocycles. The number of rotatable bonds is 3. The van der Waals surface area contributed by atoms with Gasteiger partial charge in [-0.2, -0.15) is 0 Å².